The summed E-state index contributed by atoms with van der Waals surface area (Å²) in [5, 5.41) is 4.41. The summed E-state index contributed by atoms with van der Waals surface area (Å²) < 4.78 is 11.8. The monoisotopic (exact) mass is 454 g/mol. The molecule has 1 aliphatic heterocycles. The second-order valence-electron chi connectivity index (χ2n) is 7.25. The smallest absolute Gasteiger partial charge is 0.292 e. The zero-order valence-corrected chi connectivity index (χ0v) is 18.6. The molecule has 0 N–H and O–H groups in total. The van der Waals surface area contributed by atoms with E-state index in [9.17, 15) is 9.59 Å². The molecule has 0 radical (unpaired) electrons. The maximum atomic E-state index is 13.0. The number of hydrogen-bond donors (Lipinski definition) is 0. The van der Waals surface area contributed by atoms with E-state index in [1.807, 2.05) is 23.1 Å². The Morgan fingerprint density at radius 3 is 2.31 bits per heavy atom. The number of carbonyl (C=O) groups excluding carboxylic acids is 1. The lowest BCUT2D eigenvalue weighted by atomic mass is 10.1. The molecule has 32 heavy (non-hydrogen) atoms. The number of benzene rings is 2. The van der Waals surface area contributed by atoms with E-state index < -0.39 is 0 Å². The number of hydrogen-bond acceptors (Lipinski definition) is 6. The number of para-hydroxylation sites is 1. The van der Waals surface area contributed by atoms with E-state index in [1.165, 1.54) is 11.8 Å². The van der Waals surface area contributed by atoms with Crippen LogP contribution in [-0.4, -0.2) is 61.0 Å². The average molecular weight is 455 g/mol. The molecule has 1 aromatic heterocycles. The van der Waals surface area contributed by atoms with Crippen LogP contribution in [-0.2, 0) is 0 Å². The molecule has 0 aliphatic carbocycles. The van der Waals surface area contributed by atoms with E-state index in [0.29, 0.717) is 54.6 Å². The Morgan fingerprint density at radius 1 is 0.969 bits per heavy atom. The third-order valence-corrected chi connectivity index (χ3v) is 5.79. The fourth-order valence-electron chi connectivity index (χ4n) is 3.70. The molecule has 0 bridgehead atoms. The number of aromatic nitrogens is 2. The van der Waals surface area contributed by atoms with Crippen molar-refractivity contribution in [2.75, 3.05) is 45.3 Å². The Balaban J connectivity index is 1.48. The van der Waals surface area contributed by atoms with Crippen LogP contribution in [0.25, 0.3) is 5.69 Å². The fraction of sp³-hybridized carbons (Fsp3) is 0.261. The molecule has 3 aromatic rings. The van der Waals surface area contributed by atoms with Crippen molar-refractivity contribution >= 4 is 23.2 Å². The molecule has 0 saturated carbocycles. The number of amides is 1. The van der Waals surface area contributed by atoms with Crippen LogP contribution in [0.5, 0.6) is 11.5 Å². The molecule has 2 heterocycles. The van der Waals surface area contributed by atoms with Crippen LogP contribution in [0.4, 0.5) is 5.69 Å². The summed E-state index contributed by atoms with van der Waals surface area (Å²) in [5.41, 5.74) is 1.37. The number of anilines is 1. The summed E-state index contributed by atoms with van der Waals surface area (Å²) in [6.45, 7) is 2.06. The third kappa shape index (κ3) is 4.13. The van der Waals surface area contributed by atoms with Crippen molar-refractivity contribution in [2.45, 2.75) is 0 Å². The van der Waals surface area contributed by atoms with Gasteiger partial charge in [-0.3, -0.25) is 9.59 Å². The molecule has 1 aliphatic rings. The summed E-state index contributed by atoms with van der Waals surface area (Å²) in [6, 6.07) is 14.2. The van der Waals surface area contributed by atoms with Gasteiger partial charge in [-0.2, -0.15) is 9.78 Å². The van der Waals surface area contributed by atoms with Crippen molar-refractivity contribution in [3.63, 3.8) is 0 Å². The molecule has 0 unspecified atom stereocenters. The molecular formula is C23H23ClN4O4. The van der Waals surface area contributed by atoms with E-state index in [1.54, 1.807) is 48.5 Å². The van der Waals surface area contributed by atoms with Crippen LogP contribution >= 0.6 is 11.6 Å². The van der Waals surface area contributed by atoms with Crippen molar-refractivity contribution in [1.82, 2.24) is 14.7 Å². The standard InChI is InChI=1S/C23H23ClN4O4/c1-31-19-9-8-16(14-20(19)32-2)22(29)27-12-10-26(11-13-27)18-15-25-28(23(30)21(18)24)17-6-4-3-5-7-17/h3-9,14-15H,10-13H2,1-2H3. The highest BCUT2D eigenvalue weighted by molar-refractivity contribution is 6.33. The largest absolute Gasteiger partial charge is 0.493 e. The first-order valence-electron chi connectivity index (χ1n) is 10.1. The number of carbonyl (C=O) groups is 1. The lowest BCUT2D eigenvalue weighted by Gasteiger charge is -2.36. The molecule has 166 valence electrons. The topological polar surface area (TPSA) is 76.9 Å². The van der Waals surface area contributed by atoms with Crippen LogP contribution in [0.2, 0.25) is 5.02 Å². The summed E-state index contributed by atoms with van der Waals surface area (Å²) in [7, 11) is 3.09. The van der Waals surface area contributed by atoms with Crippen molar-refractivity contribution in [2.24, 2.45) is 0 Å². The molecule has 0 atom stereocenters. The molecule has 2 aromatic carbocycles. The van der Waals surface area contributed by atoms with E-state index in [-0.39, 0.29) is 16.5 Å². The average Bonchev–Trinajstić information content (AvgIpc) is 2.85. The molecular weight excluding hydrogens is 432 g/mol. The normalized spacial score (nSPS) is 13.7. The Hall–Kier alpha value is -3.52. The summed E-state index contributed by atoms with van der Waals surface area (Å²) in [6.07, 6.45) is 1.60. The maximum absolute atomic E-state index is 13.0. The van der Waals surface area contributed by atoms with E-state index in [0.717, 1.165) is 0 Å². The molecule has 0 spiro atoms. The van der Waals surface area contributed by atoms with Gasteiger partial charge in [0, 0.05) is 31.7 Å². The Kier molecular flexibility index (Phi) is 6.32. The van der Waals surface area contributed by atoms with Crippen LogP contribution < -0.4 is 19.9 Å². The van der Waals surface area contributed by atoms with Crippen molar-refractivity contribution in [3.8, 4) is 17.2 Å². The molecule has 1 fully saturated rings. The summed E-state index contributed by atoms with van der Waals surface area (Å²) >= 11 is 6.42. The minimum Gasteiger partial charge on any atom is -0.493 e. The number of nitrogens with zero attached hydrogens (tertiary/aromatic N) is 4. The van der Waals surface area contributed by atoms with Gasteiger partial charge in [-0.25, -0.2) is 0 Å². The lowest BCUT2D eigenvalue weighted by molar-refractivity contribution is 0.0746. The molecule has 1 amide bonds. The predicted octanol–water partition coefficient (Wildman–Crippen LogP) is 2.87. The summed E-state index contributed by atoms with van der Waals surface area (Å²) in [5.74, 6) is 0.990. The predicted molar refractivity (Wildman–Crippen MR) is 123 cm³/mol. The fourth-order valence-corrected chi connectivity index (χ4v) is 3.95. The van der Waals surface area contributed by atoms with Gasteiger partial charge < -0.3 is 19.3 Å². The van der Waals surface area contributed by atoms with Crippen LogP contribution in [0.1, 0.15) is 10.4 Å². The molecule has 9 heteroatoms. The highest BCUT2D eigenvalue weighted by Crippen LogP contribution is 2.29. The highest BCUT2D eigenvalue weighted by Gasteiger charge is 2.25. The quantitative estimate of drug-likeness (QED) is 0.590. The molecule has 8 nitrogen and oxygen atoms in total. The second kappa shape index (κ2) is 9.32. The van der Waals surface area contributed by atoms with Crippen LogP contribution in [0.15, 0.2) is 59.5 Å². The number of rotatable bonds is 5. The van der Waals surface area contributed by atoms with E-state index in [2.05, 4.69) is 5.10 Å². The maximum Gasteiger partial charge on any atom is 0.292 e. The Labute approximate surface area is 190 Å². The van der Waals surface area contributed by atoms with E-state index >= 15 is 0 Å². The first-order valence-corrected chi connectivity index (χ1v) is 10.5. The van der Waals surface area contributed by atoms with Crippen LogP contribution in [0.3, 0.4) is 0 Å². The molecule has 1 saturated heterocycles. The Morgan fingerprint density at radius 2 is 1.66 bits per heavy atom. The zero-order valence-electron chi connectivity index (χ0n) is 17.8. The minimum absolute atomic E-state index is 0.0886. The highest BCUT2D eigenvalue weighted by atomic mass is 35.5. The van der Waals surface area contributed by atoms with Gasteiger partial charge >= 0.3 is 0 Å². The summed E-state index contributed by atoms with van der Waals surface area (Å²) in [4.78, 5) is 29.5. The van der Waals surface area contributed by atoms with Gasteiger partial charge in [-0.1, -0.05) is 29.8 Å². The molecule has 4 rings (SSSR count). The van der Waals surface area contributed by atoms with Crippen LogP contribution in [0, 0.1) is 0 Å². The first-order chi connectivity index (χ1) is 15.5. The SMILES string of the molecule is COc1ccc(C(=O)N2CCN(c3cnn(-c4ccccc4)c(=O)c3Cl)CC2)cc1OC. The number of ether oxygens (including phenoxy) is 2. The number of halogens is 1. The van der Waals surface area contributed by atoms with Gasteiger partial charge in [0.05, 0.1) is 31.8 Å². The van der Waals surface area contributed by atoms with Crippen molar-refractivity contribution in [3.05, 3.63) is 75.7 Å². The minimum atomic E-state index is -0.376. The van der Waals surface area contributed by atoms with Gasteiger partial charge in [0.15, 0.2) is 11.5 Å². The van der Waals surface area contributed by atoms with Gasteiger partial charge in [0.1, 0.15) is 5.02 Å². The van der Waals surface area contributed by atoms with E-state index in [4.69, 9.17) is 21.1 Å². The number of piperazine rings is 1. The number of methoxy groups -OCH3 is 2. The van der Waals surface area contributed by atoms with Gasteiger partial charge in [0.2, 0.25) is 0 Å². The van der Waals surface area contributed by atoms with Gasteiger partial charge in [-0.05, 0) is 30.3 Å². The van der Waals surface area contributed by atoms with Crippen molar-refractivity contribution in [1.29, 1.82) is 0 Å². The van der Waals surface area contributed by atoms with Gasteiger partial charge in [0.25, 0.3) is 11.5 Å². The van der Waals surface area contributed by atoms with Gasteiger partial charge in [-0.15, -0.1) is 0 Å². The third-order valence-electron chi connectivity index (χ3n) is 5.44. The first kappa shape index (κ1) is 21.7. The Bertz CT molecular complexity index is 1170. The van der Waals surface area contributed by atoms with Crippen molar-refractivity contribution < 1.29 is 14.3 Å². The zero-order chi connectivity index (χ0) is 22.7. The lowest BCUT2D eigenvalue weighted by Crippen LogP contribution is -2.49. The second-order valence-corrected chi connectivity index (χ2v) is 7.62.